The smallest absolute Gasteiger partial charge is 0.224 e. The van der Waals surface area contributed by atoms with Crippen molar-refractivity contribution in [3.8, 4) is 6.07 Å². The van der Waals surface area contributed by atoms with Gasteiger partial charge < -0.3 is 16.0 Å². The second-order valence-corrected chi connectivity index (χ2v) is 10.8. The van der Waals surface area contributed by atoms with Crippen LogP contribution in [0.3, 0.4) is 0 Å². The molecule has 1 aromatic carbocycles. The predicted octanol–water partition coefficient (Wildman–Crippen LogP) is 4.40. The average Bonchev–Trinajstić information content (AvgIpc) is 2.89. The van der Waals surface area contributed by atoms with E-state index in [1.165, 1.54) is 5.56 Å². The van der Waals surface area contributed by atoms with E-state index in [0.717, 1.165) is 70.9 Å². The van der Waals surface area contributed by atoms with E-state index in [4.69, 9.17) is 5.73 Å². The van der Waals surface area contributed by atoms with Crippen molar-refractivity contribution in [1.82, 2.24) is 10.2 Å². The van der Waals surface area contributed by atoms with Crippen molar-refractivity contribution < 1.29 is 9.59 Å². The van der Waals surface area contributed by atoms with Crippen molar-refractivity contribution in [1.29, 1.82) is 5.26 Å². The minimum atomic E-state index is -0.766. The minimum absolute atomic E-state index is 0.0355. The molecule has 2 aliphatic carbocycles. The summed E-state index contributed by atoms with van der Waals surface area (Å²) < 4.78 is 0. The molecule has 2 atom stereocenters. The monoisotopic (exact) mass is 464 g/mol. The molecule has 3 aliphatic rings. The third-order valence-corrected chi connectivity index (χ3v) is 8.80. The number of rotatable bonds is 7. The third kappa shape index (κ3) is 5.15. The molecule has 6 nitrogen and oxygen atoms in total. The van der Waals surface area contributed by atoms with E-state index >= 15 is 0 Å². The SMILES string of the molecule is N#CC1(N(C(=O)CCC2(C(N)=O)CCCCC2)C2CCCC(c3ccccc3)C2)CCNCC1. The first kappa shape index (κ1) is 24.7. The molecule has 184 valence electrons. The standard InChI is InChI=1S/C28H40N4O2/c29-21-28(16-18-31-19-17-28)32(24-11-7-10-23(20-24)22-8-3-1-4-9-22)25(33)12-15-27(26(30)34)13-5-2-6-14-27/h1,3-4,8-9,23-24,31H,2,5-7,10-20H2,(H2,30,34). The summed E-state index contributed by atoms with van der Waals surface area (Å²) in [6, 6.07) is 13.2. The average molecular weight is 465 g/mol. The number of piperidine rings is 1. The Kier molecular flexibility index (Phi) is 7.93. The fourth-order valence-corrected chi connectivity index (χ4v) is 6.78. The molecule has 3 N–H and O–H groups in total. The molecule has 2 amide bonds. The zero-order valence-corrected chi connectivity index (χ0v) is 20.4. The van der Waals surface area contributed by atoms with Crippen LogP contribution >= 0.6 is 0 Å². The van der Waals surface area contributed by atoms with Crippen molar-refractivity contribution in [2.75, 3.05) is 13.1 Å². The molecule has 1 aromatic rings. The zero-order chi connectivity index (χ0) is 24.0. The highest BCUT2D eigenvalue weighted by molar-refractivity contribution is 5.83. The lowest BCUT2D eigenvalue weighted by atomic mass is 9.70. The van der Waals surface area contributed by atoms with E-state index in [0.29, 0.717) is 31.6 Å². The minimum Gasteiger partial charge on any atom is -0.369 e. The summed E-state index contributed by atoms with van der Waals surface area (Å²) in [6.07, 6.45) is 10.8. The molecule has 34 heavy (non-hydrogen) atoms. The maximum absolute atomic E-state index is 14.0. The maximum Gasteiger partial charge on any atom is 0.224 e. The number of benzene rings is 1. The molecule has 6 heteroatoms. The van der Waals surface area contributed by atoms with Crippen molar-refractivity contribution in [3.05, 3.63) is 35.9 Å². The first-order valence-corrected chi connectivity index (χ1v) is 13.3. The van der Waals surface area contributed by atoms with Crippen molar-refractivity contribution in [2.45, 2.75) is 101 Å². The van der Waals surface area contributed by atoms with Gasteiger partial charge >= 0.3 is 0 Å². The van der Waals surface area contributed by atoms with Crippen molar-refractivity contribution in [3.63, 3.8) is 0 Å². The number of amides is 2. The van der Waals surface area contributed by atoms with Crippen LogP contribution in [-0.2, 0) is 9.59 Å². The second kappa shape index (κ2) is 10.9. The Bertz CT molecular complexity index is 881. The molecule has 0 spiro atoms. The summed E-state index contributed by atoms with van der Waals surface area (Å²) in [5.41, 5.74) is 5.86. The molecule has 1 aliphatic heterocycles. The van der Waals surface area contributed by atoms with Crippen LogP contribution in [0.4, 0.5) is 0 Å². The predicted molar refractivity (Wildman–Crippen MR) is 133 cm³/mol. The lowest BCUT2D eigenvalue weighted by Crippen LogP contribution is -2.60. The van der Waals surface area contributed by atoms with Gasteiger partial charge in [0.1, 0.15) is 5.54 Å². The van der Waals surface area contributed by atoms with Gasteiger partial charge in [0.05, 0.1) is 6.07 Å². The van der Waals surface area contributed by atoms with E-state index in [1.807, 2.05) is 11.0 Å². The summed E-state index contributed by atoms with van der Waals surface area (Å²) in [6.45, 7) is 1.49. The van der Waals surface area contributed by atoms with Crippen LogP contribution in [0.5, 0.6) is 0 Å². The van der Waals surface area contributed by atoms with E-state index < -0.39 is 11.0 Å². The Balaban J connectivity index is 1.57. The number of hydrogen-bond donors (Lipinski definition) is 2. The first-order valence-electron chi connectivity index (χ1n) is 13.3. The number of nitriles is 1. The Morgan fingerprint density at radius 3 is 2.38 bits per heavy atom. The quantitative estimate of drug-likeness (QED) is 0.624. The van der Waals surface area contributed by atoms with Gasteiger partial charge in [-0.05, 0) is 75.9 Å². The Morgan fingerprint density at radius 1 is 1.03 bits per heavy atom. The molecule has 0 radical (unpaired) electrons. The Morgan fingerprint density at radius 2 is 1.74 bits per heavy atom. The number of carbonyl (C=O) groups is 2. The van der Waals surface area contributed by atoms with E-state index in [-0.39, 0.29) is 17.9 Å². The van der Waals surface area contributed by atoms with Crippen LogP contribution in [-0.4, -0.2) is 41.4 Å². The molecule has 0 bridgehead atoms. The van der Waals surface area contributed by atoms with E-state index in [2.05, 4.69) is 35.7 Å². The van der Waals surface area contributed by atoms with Crippen LogP contribution in [0.1, 0.15) is 95.0 Å². The topological polar surface area (TPSA) is 99.2 Å². The van der Waals surface area contributed by atoms with Gasteiger partial charge in [0, 0.05) is 17.9 Å². The van der Waals surface area contributed by atoms with Crippen LogP contribution in [0.25, 0.3) is 0 Å². The maximum atomic E-state index is 14.0. The molecule has 3 fully saturated rings. The second-order valence-electron chi connectivity index (χ2n) is 10.8. The number of carbonyl (C=O) groups excluding carboxylic acids is 2. The molecule has 2 saturated carbocycles. The molecule has 1 saturated heterocycles. The highest BCUT2D eigenvalue weighted by Gasteiger charge is 2.46. The van der Waals surface area contributed by atoms with E-state index in [9.17, 15) is 14.9 Å². The first-order chi connectivity index (χ1) is 16.5. The van der Waals surface area contributed by atoms with Gasteiger partial charge in [-0.15, -0.1) is 0 Å². The van der Waals surface area contributed by atoms with Gasteiger partial charge in [-0.3, -0.25) is 9.59 Å². The van der Waals surface area contributed by atoms with Crippen LogP contribution < -0.4 is 11.1 Å². The molecule has 1 heterocycles. The summed E-state index contributed by atoms with van der Waals surface area (Å²) in [7, 11) is 0. The van der Waals surface area contributed by atoms with Crippen molar-refractivity contribution in [2.24, 2.45) is 11.1 Å². The van der Waals surface area contributed by atoms with Gasteiger partial charge in [-0.1, -0.05) is 56.0 Å². The summed E-state index contributed by atoms with van der Waals surface area (Å²) in [5, 5.41) is 13.7. The fourth-order valence-electron chi connectivity index (χ4n) is 6.78. The van der Waals surface area contributed by atoms with E-state index in [1.54, 1.807) is 0 Å². The number of nitrogens with one attached hydrogen (secondary N) is 1. The summed E-state index contributed by atoms with van der Waals surface area (Å²) >= 11 is 0. The normalized spacial score (nSPS) is 26.2. The molecular formula is C28H40N4O2. The number of nitrogens with zero attached hydrogens (tertiary/aromatic N) is 2. The number of primary amides is 1. The van der Waals surface area contributed by atoms with Crippen molar-refractivity contribution >= 4 is 11.8 Å². The van der Waals surface area contributed by atoms with Gasteiger partial charge in [0.2, 0.25) is 11.8 Å². The third-order valence-electron chi connectivity index (χ3n) is 8.80. The fraction of sp³-hybridized carbons (Fsp3) is 0.679. The van der Waals surface area contributed by atoms with Gasteiger partial charge in [0.15, 0.2) is 0 Å². The number of nitrogens with two attached hydrogens (primary N) is 1. The largest absolute Gasteiger partial charge is 0.369 e. The van der Waals surface area contributed by atoms with Gasteiger partial charge in [-0.25, -0.2) is 0 Å². The van der Waals surface area contributed by atoms with Gasteiger partial charge in [-0.2, -0.15) is 5.26 Å². The Labute approximate surface area is 204 Å². The summed E-state index contributed by atoms with van der Waals surface area (Å²) in [4.78, 5) is 28.4. The molecular weight excluding hydrogens is 424 g/mol. The highest BCUT2D eigenvalue weighted by Crippen LogP contribution is 2.43. The lowest BCUT2D eigenvalue weighted by Gasteiger charge is -2.48. The highest BCUT2D eigenvalue weighted by atomic mass is 16.2. The number of hydrogen-bond acceptors (Lipinski definition) is 4. The summed E-state index contributed by atoms with van der Waals surface area (Å²) in [5.74, 6) is 0.182. The van der Waals surface area contributed by atoms with Crippen LogP contribution in [0.2, 0.25) is 0 Å². The van der Waals surface area contributed by atoms with Crippen LogP contribution in [0.15, 0.2) is 30.3 Å². The van der Waals surface area contributed by atoms with Crippen LogP contribution in [0, 0.1) is 16.7 Å². The molecule has 0 aromatic heterocycles. The zero-order valence-electron chi connectivity index (χ0n) is 20.4. The Hall–Kier alpha value is -2.39. The molecule has 4 rings (SSSR count). The van der Waals surface area contributed by atoms with Gasteiger partial charge in [0.25, 0.3) is 0 Å². The lowest BCUT2D eigenvalue weighted by molar-refractivity contribution is -0.142. The molecule has 2 unspecified atom stereocenters.